The highest BCUT2D eigenvalue weighted by Gasteiger charge is 2.13. The first-order valence-electron chi connectivity index (χ1n) is 5.68. The second-order valence-corrected chi connectivity index (χ2v) is 5.49. The van der Waals surface area contributed by atoms with Crippen molar-refractivity contribution >= 4 is 34.6 Å². The molecule has 6 heteroatoms. The molecule has 1 N–H and O–H groups in total. The van der Waals surface area contributed by atoms with Gasteiger partial charge in [-0.1, -0.05) is 11.6 Å². The summed E-state index contributed by atoms with van der Waals surface area (Å²) < 4.78 is 0. The minimum absolute atomic E-state index is 0.0692. The van der Waals surface area contributed by atoms with Crippen LogP contribution in [0.4, 0.5) is 5.69 Å². The van der Waals surface area contributed by atoms with E-state index in [9.17, 15) is 4.79 Å². The number of halogens is 1. The summed E-state index contributed by atoms with van der Waals surface area (Å²) in [6.07, 6.45) is 0. The first-order chi connectivity index (χ1) is 9.04. The van der Waals surface area contributed by atoms with Gasteiger partial charge in [-0.25, -0.2) is 4.98 Å². The van der Waals surface area contributed by atoms with Gasteiger partial charge in [0, 0.05) is 21.8 Å². The first kappa shape index (κ1) is 13.8. The van der Waals surface area contributed by atoms with E-state index in [-0.39, 0.29) is 6.54 Å². The number of carbonyl (C=O) groups is 1. The maximum absolute atomic E-state index is 11.0. The molecule has 0 unspecified atom stereocenters. The number of rotatable bonds is 5. The second kappa shape index (κ2) is 6.04. The molecule has 0 saturated carbocycles. The van der Waals surface area contributed by atoms with E-state index in [0.717, 1.165) is 16.4 Å². The van der Waals surface area contributed by atoms with Crippen LogP contribution in [-0.2, 0) is 11.3 Å². The average molecular weight is 297 g/mol. The molecule has 1 aromatic heterocycles. The number of hydrogen-bond donors (Lipinski definition) is 1. The molecule has 1 aromatic carbocycles. The molecule has 0 radical (unpaired) electrons. The summed E-state index contributed by atoms with van der Waals surface area (Å²) in [6.45, 7) is 2.33. The Labute approximate surface area is 120 Å². The maximum Gasteiger partial charge on any atom is 0.323 e. The fourth-order valence-corrected chi connectivity index (χ4v) is 2.60. The van der Waals surface area contributed by atoms with Crippen molar-refractivity contribution < 1.29 is 9.90 Å². The van der Waals surface area contributed by atoms with Crippen LogP contribution in [0.5, 0.6) is 0 Å². The Morgan fingerprint density at radius 2 is 2.11 bits per heavy atom. The van der Waals surface area contributed by atoms with Crippen LogP contribution in [0, 0.1) is 6.92 Å². The predicted molar refractivity (Wildman–Crippen MR) is 77.0 cm³/mol. The van der Waals surface area contributed by atoms with Crippen molar-refractivity contribution in [2.75, 3.05) is 11.4 Å². The number of carboxylic acids is 1. The van der Waals surface area contributed by atoms with Crippen molar-refractivity contribution in [2.45, 2.75) is 13.5 Å². The monoisotopic (exact) mass is 296 g/mol. The Hall–Kier alpha value is -1.59. The number of hydrogen-bond acceptors (Lipinski definition) is 4. The molecule has 0 aliphatic heterocycles. The Kier molecular flexibility index (Phi) is 4.39. The molecule has 0 bridgehead atoms. The molecule has 0 fully saturated rings. The van der Waals surface area contributed by atoms with Crippen LogP contribution in [0.3, 0.4) is 0 Å². The molecule has 2 aromatic rings. The van der Waals surface area contributed by atoms with Gasteiger partial charge in [-0.3, -0.25) is 4.79 Å². The van der Waals surface area contributed by atoms with Crippen molar-refractivity contribution in [3.05, 3.63) is 45.4 Å². The summed E-state index contributed by atoms with van der Waals surface area (Å²) in [6, 6.07) is 7.12. The van der Waals surface area contributed by atoms with Gasteiger partial charge in [-0.2, -0.15) is 0 Å². The molecule has 0 atom stereocenters. The minimum atomic E-state index is -0.872. The van der Waals surface area contributed by atoms with Crippen LogP contribution in [0.25, 0.3) is 0 Å². The number of anilines is 1. The number of benzene rings is 1. The van der Waals surface area contributed by atoms with E-state index < -0.39 is 5.97 Å². The first-order valence-corrected chi connectivity index (χ1v) is 6.93. The lowest BCUT2D eigenvalue weighted by atomic mass is 10.3. The molecular weight excluding hydrogens is 284 g/mol. The highest BCUT2D eigenvalue weighted by molar-refractivity contribution is 7.09. The van der Waals surface area contributed by atoms with Gasteiger partial charge in [0.2, 0.25) is 0 Å². The van der Waals surface area contributed by atoms with Gasteiger partial charge in [0.25, 0.3) is 0 Å². The van der Waals surface area contributed by atoms with Crippen molar-refractivity contribution in [3.8, 4) is 0 Å². The van der Waals surface area contributed by atoms with Crippen LogP contribution >= 0.6 is 22.9 Å². The van der Waals surface area contributed by atoms with Crippen LogP contribution in [-0.4, -0.2) is 22.6 Å². The molecule has 0 spiro atoms. The molecule has 1 heterocycles. The number of thiazole rings is 1. The zero-order chi connectivity index (χ0) is 13.8. The smallest absolute Gasteiger partial charge is 0.323 e. The van der Waals surface area contributed by atoms with E-state index in [0.29, 0.717) is 11.6 Å². The van der Waals surface area contributed by atoms with Crippen molar-refractivity contribution in [2.24, 2.45) is 0 Å². The van der Waals surface area contributed by atoms with Gasteiger partial charge in [-0.15, -0.1) is 11.3 Å². The average Bonchev–Trinajstić information content (AvgIpc) is 2.74. The summed E-state index contributed by atoms with van der Waals surface area (Å²) in [5.74, 6) is -0.872. The van der Waals surface area contributed by atoms with Gasteiger partial charge in [0.05, 0.1) is 6.54 Å². The van der Waals surface area contributed by atoms with Crippen molar-refractivity contribution in [1.82, 2.24) is 4.98 Å². The van der Waals surface area contributed by atoms with Crippen molar-refractivity contribution in [3.63, 3.8) is 0 Å². The third-order valence-corrected chi connectivity index (χ3v) is 3.71. The Bertz CT molecular complexity index is 568. The normalized spacial score (nSPS) is 10.4. The molecule has 2 rings (SSSR count). The largest absolute Gasteiger partial charge is 0.480 e. The van der Waals surface area contributed by atoms with Gasteiger partial charge >= 0.3 is 5.97 Å². The Morgan fingerprint density at radius 3 is 2.63 bits per heavy atom. The molecule has 0 amide bonds. The minimum Gasteiger partial charge on any atom is -0.480 e. The maximum atomic E-state index is 11.0. The number of aromatic nitrogens is 1. The second-order valence-electron chi connectivity index (χ2n) is 4.11. The lowest BCUT2D eigenvalue weighted by Crippen LogP contribution is -2.29. The summed E-state index contributed by atoms with van der Waals surface area (Å²) >= 11 is 7.37. The fourth-order valence-electron chi connectivity index (χ4n) is 1.69. The number of nitrogens with zero attached hydrogens (tertiary/aromatic N) is 2. The summed E-state index contributed by atoms with van der Waals surface area (Å²) in [7, 11) is 0. The highest BCUT2D eigenvalue weighted by Crippen LogP contribution is 2.21. The van der Waals surface area contributed by atoms with E-state index in [1.54, 1.807) is 17.0 Å². The van der Waals surface area contributed by atoms with Crippen LogP contribution < -0.4 is 4.90 Å². The van der Waals surface area contributed by atoms with E-state index >= 15 is 0 Å². The third-order valence-electron chi connectivity index (χ3n) is 2.51. The zero-order valence-electron chi connectivity index (χ0n) is 10.3. The SMILES string of the molecule is Cc1csc(CN(CC(=O)O)c2ccc(Cl)cc2)n1. The van der Waals surface area contributed by atoms with Crippen molar-refractivity contribution in [1.29, 1.82) is 0 Å². The van der Waals surface area contributed by atoms with Gasteiger partial charge in [0.15, 0.2) is 0 Å². The Morgan fingerprint density at radius 1 is 1.42 bits per heavy atom. The standard InChI is InChI=1S/C13H13ClN2O2S/c1-9-8-19-12(15-9)6-16(7-13(17)18)11-4-2-10(14)3-5-11/h2-5,8H,6-7H2,1H3,(H,17,18). The molecule has 0 aliphatic carbocycles. The lowest BCUT2D eigenvalue weighted by molar-refractivity contribution is -0.135. The Balaban J connectivity index is 2.20. The molecule has 0 saturated heterocycles. The topological polar surface area (TPSA) is 53.4 Å². The highest BCUT2D eigenvalue weighted by atomic mass is 35.5. The zero-order valence-corrected chi connectivity index (χ0v) is 11.9. The summed E-state index contributed by atoms with van der Waals surface area (Å²) in [5, 5.41) is 12.5. The number of carboxylic acid groups (broad SMARTS) is 1. The fraction of sp³-hybridized carbons (Fsp3) is 0.231. The molecule has 4 nitrogen and oxygen atoms in total. The predicted octanol–water partition coefficient (Wildman–Crippen LogP) is 3.20. The molecule has 0 aliphatic rings. The van der Waals surface area contributed by atoms with Crippen LogP contribution in [0.1, 0.15) is 10.7 Å². The molecule has 100 valence electrons. The number of aliphatic carboxylic acids is 1. The van der Waals surface area contributed by atoms with E-state index in [1.165, 1.54) is 11.3 Å². The molecular formula is C13H13ClN2O2S. The van der Waals surface area contributed by atoms with Gasteiger partial charge in [-0.05, 0) is 31.2 Å². The summed E-state index contributed by atoms with van der Waals surface area (Å²) in [4.78, 5) is 17.1. The van der Waals surface area contributed by atoms with E-state index in [4.69, 9.17) is 16.7 Å². The van der Waals surface area contributed by atoms with Gasteiger partial charge in [0.1, 0.15) is 11.6 Å². The quantitative estimate of drug-likeness (QED) is 0.920. The van der Waals surface area contributed by atoms with Crippen LogP contribution in [0.2, 0.25) is 5.02 Å². The van der Waals surface area contributed by atoms with Gasteiger partial charge < -0.3 is 10.0 Å². The summed E-state index contributed by atoms with van der Waals surface area (Å²) in [5.41, 5.74) is 1.77. The number of aryl methyl sites for hydroxylation is 1. The van der Waals surface area contributed by atoms with E-state index in [1.807, 2.05) is 24.4 Å². The molecule has 19 heavy (non-hydrogen) atoms. The van der Waals surface area contributed by atoms with E-state index in [2.05, 4.69) is 4.98 Å². The lowest BCUT2D eigenvalue weighted by Gasteiger charge is -2.21. The third kappa shape index (κ3) is 3.94. The van der Waals surface area contributed by atoms with Crippen LogP contribution in [0.15, 0.2) is 29.6 Å².